The molecule has 1 unspecified atom stereocenters. The highest BCUT2D eigenvalue weighted by molar-refractivity contribution is 7.89. The van der Waals surface area contributed by atoms with Crippen molar-refractivity contribution in [3.63, 3.8) is 0 Å². The summed E-state index contributed by atoms with van der Waals surface area (Å²) in [6.07, 6.45) is 0.339. The predicted octanol–water partition coefficient (Wildman–Crippen LogP) is 2.17. The van der Waals surface area contributed by atoms with Crippen molar-refractivity contribution in [2.24, 2.45) is 0 Å². The maximum Gasteiger partial charge on any atom is 0.243 e. The number of hydrogen-bond acceptors (Lipinski definition) is 5. The highest BCUT2D eigenvalue weighted by Crippen LogP contribution is 2.33. The molecule has 0 bridgehead atoms. The summed E-state index contributed by atoms with van der Waals surface area (Å²) in [7, 11) is -3.54. The van der Waals surface area contributed by atoms with Gasteiger partial charge in [-0.05, 0) is 36.6 Å². The summed E-state index contributed by atoms with van der Waals surface area (Å²) in [5.41, 5.74) is 2.47. The molecule has 4 rings (SSSR count). The molecule has 7 nitrogen and oxygen atoms in total. The number of carbonyl (C=O) groups is 1. The smallest absolute Gasteiger partial charge is 0.243 e. The lowest BCUT2D eigenvalue weighted by atomic mass is 9.95. The molecule has 0 radical (unpaired) electrons. The lowest BCUT2D eigenvalue weighted by Gasteiger charge is -2.34. The summed E-state index contributed by atoms with van der Waals surface area (Å²) in [6.45, 7) is 2.73. The van der Waals surface area contributed by atoms with Crippen LogP contribution in [0.4, 0.5) is 5.69 Å². The fraction of sp³-hybridized carbons (Fsp3) is 0.350. The Kier molecular flexibility index (Phi) is 4.99. The second kappa shape index (κ2) is 7.44. The molecule has 1 atom stereocenters. The topological polar surface area (TPSA) is 84.9 Å². The third kappa shape index (κ3) is 3.57. The van der Waals surface area contributed by atoms with Crippen molar-refractivity contribution >= 4 is 21.6 Å². The summed E-state index contributed by atoms with van der Waals surface area (Å²) in [4.78, 5) is 13.0. The van der Waals surface area contributed by atoms with Gasteiger partial charge in [-0.2, -0.15) is 4.31 Å². The molecule has 2 aromatic rings. The average molecular weight is 402 g/mol. The molecule has 0 saturated carbocycles. The standard InChI is InChI=1S/C20H22N2O5S/c1-2-28(24,25)22-13-15-6-4-3-5-14(15)11-17(22)20(23)21-16-7-8-18-19(12-16)27-10-9-26-18/h3-8,12,17H,2,9-11,13H2,1H3,(H,21,23). The Labute approximate surface area is 164 Å². The Hall–Kier alpha value is -2.58. The van der Waals surface area contributed by atoms with Crippen molar-refractivity contribution in [2.75, 3.05) is 24.3 Å². The minimum Gasteiger partial charge on any atom is -0.486 e. The normalized spacial score (nSPS) is 19.0. The van der Waals surface area contributed by atoms with Gasteiger partial charge < -0.3 is 14.8 Å². The molecule has 2 aliphatic heterocycles. The van der Waals surface area contributed by atoms with Crippen molar-refractivity contribution in [2.45, 2.75) is 25.9 Å². The molecule has 28 heavy (non-hydrogen) atoms. The van der Waals surface area contributed by atoms with E-state index in [0.29, 0.717) is 36.8 Å². The number of benzene rings is 2. The van der Waals surface area contributed by atoms with Gasteiger partial charge in [0.15, 0.2) is 11.5 Å². The van der Waals surface area contributed by atoms with E-state index in [-0.39, 0.29) is 18.2 Å². The Morgan fingerprint density at radius 1 is 1.11 bits per heavy atom. The van der Waals surface area contributed by atoms with Gasteiger partial charge in [0.2, 0.25) is 15.9 Å². The maximum atomic E-state index is 13.0. The first-order chi connectivity index (χ1) is 13.5. The lowest BCUT2D eigenvalue weighted by Crippen LogP contribution is -2.51. The van der Waals surface area contributed by atoms with Gasteiger partial charge in [-0.3, -0.25) is 4.79 Å². The number of nitrogens with one attached hydrogen (secondary N) is 1. The third-order valence-corrected chi connectivity index (χ3v) is 6.87. The first-order valence-electron chi connectivity index (χ1n) is 9.25. The largest absolute Gasteiger partial charge is 0.486 e. The zero-order chi connectivity index (χ0) is 19.7. The molecule has 8 heteroatoms. The SMILES string of the molecule is CCS(=O)(=O)N1Cc2ccccc2CC1C(=O)Nc1ccc2c(c1)OCCO2. The molecule has 0 spiro atoms. The first kappa shape index (κ1) is 18.8. The van der Waals surface area contributed by atoms with Crippen LogP contribution in [0.15, 0.2) is 42.5 Å². The Morgan fingerprint density at radius 3 is 2.57 bits per heavy atom. The van der Waals surface area contributed by atoms with Crippen LogP contribution in [-0.2, 0) is 27.8 Å². The van der Waals surface area contributed by atoms with Gasteiger partial charge >= 0.3 is 0 Å². The minimum atomic E-state index is -3.54. The molecule has 1 amide bonds. The van der Waals surface area contributed by atoms with E-state index < -0.39 is 16.1 Å². The molecule has 148 valence electrons. The number of amides is 1. The number of rotatable bonds is 4. The van der Waals surface area contributed by atoms with Gasteiger partial charge in [0, 0.05) is 18.3 Å². The van der Waals surface area contributed by atoms with Gasteiger partial charge in [0.05, 0.1) is 5.75 Å². The number of anilines is 1. The number of nitrogens with zero attached hydrogens (tertiary/aromatic N) is 1. The van der Waals surface area contributed by atoms with E-state index in [1.165, 1.54) is 4.31 Å². The van der Waals surface area contributed by atoms with Crippen LogP contribution < -0.4 is 14.8 Å². The van der Waals surface area contributed by atoms with E-state index in [0.717, 1.165) is 11.1 Å². The average Bonchev–Trinajstić information content (AvgIpc) is 2.72. The van der Waals surface area contributed by atoms with Gasteiger partial charge in [-0.1, -0.05) is 24.3 Å². The van der Waals surface area contributed by atoms with Crippen molar-refractivity contribution in [3.05, 3.63) is 53.6 Å². The molecule has 1 N–H and O–H groups in total. The van der Waals surface area contributed by atoms with E-state index in [4.69, 9.17) is 9.47 Å². The Bertz CT molecular complexity index is 1010. The fourth-order valence-electron chi connectivity index (χ4n) is 3.53. The molecule has 2 aliphatic rings. The molecule has 0 aliphatic carbocycles. The highest BCUT2D eigenvalue weighted by atomic mass is 32.2. The number of sulfonamides is 1. The molecule has 2 aromatic carbocycles. The molecular formula is C20H22N2O5S. The van der Waals surface area contributed by atoms with E-state index >= 15 is 0 Å². The number of carbonyl (C=O) groups excluding carboxylic acids is 1. The second-order valence-corrected chi connectivity index (χ2v) is 8.99. The van der Waals surface area contributed by atoms with Crippen LogP contribution >= 0.6 is 0 Å². The van der Waals surface area contributed by atoms with Crippen molar-refractivity contribution in [1.82, 2.24) is 4.31 Å². The van der Waals surface area contributed by atoms with Crippen LogP contribution in [0.3, 0.4) is 0 Å². The van der Waals surface area contributed by atoms with Gasteiger partial charge in [-0.15, -0.1) is 0 Å². The first-order valence-corrected chi connectivity index (χ1v) is 10.9. The van der Waals surface area contributed by atoms with E-state index in [2.05, 4.69) is 5.32 Å². The third-order valence-electron chi connectivity index (χ3n) is 5.04. The summed E-state index contributed by atoms with van der Waals surface area (Å²) < 4.78 is 37.6. The summed E-state index contributed by atoms with van der Waals surface area (Å²) in [6, 6.07) is 12.0. The summed E-state index contributed by atoms with van der Waals surface area (Å²) >= 11 is 0. The zero-order valence-electron chi connectivity index (χ0n) is 15.6. The van der Waals surface area contributed by atoms with Crippen LogP contribution in [0, 0.1) is 0 Å². The monoisotopic (exact) mass is 402 g/mol. The van der Waals surface area contributed by atoms with E-state index in [1.54, 1.807) is 25.1 Å². The maximum absolute atomic E-state index is 13.0. The van der Waals surface area contributed by atoms with Crippen LogP contribution in [0.25, 0.3) is 0 Å². The van der Waals surface area contributed by atoms with Crippen molar-refractivity contribution < 1.29 is 22.7 Å². The fourth-order valence-corrected chi connectivity index (χ4v) is 4.75. The van der Waals surface area contributed by atoms with Crippen LogP contribution in [0.1, 0.15) is 18.1 Å². The quantitative estimate of drug-likeness (QED) is 0.847. The minimum absolute atomic E-state index is 0.0526. The van der Waals surface area contributed by atoms with Crippen molar-refractivity contribution in [3.8, 4) is 11.5 Å². The Morgan fingerprint density at radius 2 is 1.82 bits per heavy atom. The molecule has 0 aromatic heterocycles. The summed E-state index contributed by atoms with van der Waals surface area (Å²) in [5.74, 6) is 0.786. The Balaban J connectivity index is 1.61. The molecule has 2 heterocycles. The zero-order valence-corrected chi connectivity index (χ0v) is 16.4. The van der Waals surface area contributed by atoms with Gasteiger partial charge in [-0.25, -0.2) is 8.42 Å². The number of hydrogen-bond donors (Lipinski definition) is 1. The van der Waals surface area contributed by atoms with E-state index in [9.17, 15) is 13.2 Å². The number of ether oxygens (including phenoxy) is 2. The lowest BCUT2D eigenvalue weighted by molar-refractivity contribution is -0.120. The van der Waals surface area contributed by atoms with Crippen LogP contribution in [0.5, 0.6) is 11.5 Å². The second-order valence-electron chi connectivity index (χ2n) is 6.78. The summed E-state index contributed by atoms with van der Waals surface area (Å²) in [5, 5.41) is 2.84. The van der Waals surface area contributed by atoms with E-state index in [1.807, 2.05) is 24.3 Å². The van der Waals surface area contributed by atoms with Gasteiger partial charge in [0.25, 0.3) is 0 Å². The highest BCUT2D eigenvalue weighted by Gasteiger charge is 2.38. The van der Waals surface area contributed by atoms with Crippen molar-refractivity contribution in [1.29, 1.82) is 0 Å². The molecule has 0 fully saturated rings. The van der Waals surface area contributed by atoms with Gasteiger partial charge in [0.1, 0.15) is 19.3 Å². The molecule has 0 saturated heterocycles. The predicted molar refractivity (Wildman–Crippen MR) is 105 cm³/mol. The molecular weight excluding hydrogens is 380 g/mol. The number of fused-ring (bicyclic) bond motifs is 2. The van der Waals surface area contributed by atoms with Crippen LogP contribution in [0.2, 0.25) is 0 Å². The van der Waals surface area contributed by atoms with Crippen LogP contribution in [-0.4, -0.2) is 43.6 Å².